The lowest BCUT2D eigenvalue weighted by Gasteiger charge is -2.13. The molecule has 0 saturated carbocycles. The SMILES string of the molecule is Nc1cc(F)c(Br)cc1Nc1c(Br)cccc1Br. The van der Waals surface area contributed by atoms with Gasteiger partial charge in [0.15, 0.2) is 0 Å². The van der Waals surface area contributed by atoms with Crippen molar-refractivity contribution >= 4 is 64.9 Å². The molecule has 0 spiro atoms. The van der Waals surface area contributed by atoms with Crippen molar-refractivity contribution in [1.29, 1.82) is 0 Å². The molecule has 2 rings (SSSR count). The fourth-order valence-corrected chi connectivity index (χ4v) is 2.96. The van der Waals surface area contributed by atoms with Gasteiger partial charge in [-0.15, -0.1) is 0 Å². The van der Waals surface area contributed by atoms with Gasteiger partial charge in [0, 0.05) is 15.0 Å². The molecule has 94 valence electrons. The summed E-state index contributed by atoms with van der Waals surface area (Å²) in [6.45, 7) is 0. The van der Waals surface area contributed by atoms with Gasteiger partial charge in [-0.1, -0.05) is 6.07 Å². The number of anilines is 3. The van der Waals surface area contributed by atoms with Crippen LogP contribution in [-0.4, -0.2) is 0 Å². The van der Waals surface area contributed by atoms with Crippen molar-refractivity contribution in [2.75, 3.05) is 11.1 Å². The zero-order valence-electron chi connectivity index (χ0n) is 8.98. The highest BCUT2D eigenvalue weighted by atomic mass is 79.9. The van der Waals surface area contributed by atoms with E-state index in [1.54, 1.807) is 6.07 Å². The molecule has 0 aromatic heterocycles. The third-order valence-corrected chi connectivity index (χ3v) is 4.24. The van der Waals surface area contributed by atoms with Gasteiger partial charge < -0.3 is 11.1 Å². The van der Waals surface area contributed by atoms with E-state index in [9.17, 15) is 4.39 Å². The minimum absolute atomic E-state index is 0.346. The van der Waals surface area contributed by atoms with Crippen molar-refractivity contribution in [1.82, 2.24) is 0 Å². The van der Waals surface area contributed by atoms with Gasteiger partial charge in [0.05, 0.1) is 21.5 Å². The smallest absolute Gasteiger partial charge is 0.139 e. The fourth-order valence-electron chi connectivity index (χ4n) is 1.42. The van der Waals surface area contributed by atoms with Gasteiger partial charge in [-0.2, -0.15) is 0 Å². The number of hydrogen-bond acceptors (Lipinski definition) is 2. The molecular weight excluding hydrogens is 431 g/mol. The Bertz CT molecular complexity index is 582. The van der Waals surface area contributed by atoms with Gasteiger partial charge >= 0.3 is 0 Å². The van der Waals surface area contributed by atoms with Crippen LogP contribution in [0.15, 0.2) is 43.7 Å². The van der Waals surface area contributed by atoms with E-state index in [4.69, 9.17) is 5.73 Å². The Morgan fingerprint density at radius 3 is 2.22 bits per heavy atom. The van der Waals surface area contributed by atoms with Crippen LogP contribution in [0.1, 0.15) is 0 Å². The number of nitrogens with one attached hydrogen (secondary N) is 1. The number of benzene rings is 2. The van der Waals surface area contributed by atoms with Gasteiger partial charge in [0.1, 0.15) is 5.82 Å². The van der Waals surface area contributed by atoms with E-state index in [1.807, 2.05) is 18.2 Å². The first-order valence-corrected chi connectivity index (χ1v) is 7.32. The molecule has 6 heteroatoms. The van der Waals surface area contributed by atoms with Crippen molar-refractivity contribution in [3.8, 4) is 0 Å². The topological polar surface area (TPSA) is 38.0 Å². The molecule has 0 aliphatic carbocycles. The number of para-hydroxylation sites is 1. The Kier molecular flexibility index (Phi) is 4.29. The van der Waals surface area contributed by atoms with Crippen LogP contribution in [0.4, 0.5) is 21.5 Å². The quantitative estimate of drug-likeness (QED) is 0.613. The van der Waals surface area contributed by atoms with Gasteiger partial charge in [0.2, 0.25) is 0 Å². The predicted molar refractivity (Wildman–Crippen MR) is 83.6 cm³/mol. The first kappa shape index (κ1) is 13.8. The lowest BCUT2D eigenvalue weighted by atomic mass is 10.2. The van der Waals surface area contributed by atoms with E-state index in [0.717, 1.165) is 14.6 Å². The summed E-state index contributed by atoms with van der Waals surface area (Å²) < 4.78 is 15.4. The van der Waals surface area contributed by atoms with Crippen molar-refractivity contribution in [2.45, 2.75) is 0 Å². The van der Waals surface area contributed by atoms with Gasteiger partial charge in [0.25, 0.3) is 0 Å². The second kappa shape index (κ2) is 5.59. The predicted octanol–water partition coefficient (Wildman–Crippen LogP) is 5.44. The summed E-state index contributed by atoms with van der Waals surface area (Å²) in [7, 11) is 0. The highest BCUT2D eigenvalue weighted by molar-refractivity contribution is 9.11. The summed E-state index contributed by atoms with van der Waals surface area (Å²) in [5.74, 6) is -0.385. The molecule has 18 heavy (non-hydrogen) atoms. The third-order valence-electron chi connectivity index (χ3n) is 2.31. The molecule has 0 fully saturated rings. The molecular formula is C12H8Br3FN2. The molecule has 0 aliphatic heterocycles. The lowest BCUT2D eigenvalue weighted by molar-refractivity contribution is 0.622. The van der Waals surface area contributed by atoms with Crippen LogP contribution >= 0.6 is 47.8 Å². The number of hydrogen-bond donors (Lipinski definition) is 2. The molecule has 0 atom stereocenters. The average Bonchev–Trinajstić information content (AvgIpc) is 2.30. The largest absolute Gasteiger partial charge is 0.397 e. The molecule has 2 aromatic rings. The summed E-state index contributed by atoms with van der Waals surface area (Å²) in [5, 5.41) is 3.16. The third kappa shape index (κ3) is 2.87. The molecule has 3 N–H and O–H groups in total. The molecule has 0 aliphatic rings. The molecule has 0 bridgehead atoms. The second-order valence-corrected chi connectivity index (χ2v) is 6.14. The van der Waals surface area contributed by atoms with Crippen LogP contribution in [0.5, 0.6) is 0 Å². The number of nitrogen functional groups attached to an aromatic ring is 1. The molecule has 0 heterocycles. The maximum atomic E-state index is 13.3. The molecule has 0 saturated heterocycles. The van der Waals surface area contributed by atoms with E-state index in [1.165, 1.54) is 6.07 Å². The van der Waals surface area contributed by atoms with Crippen LogP contribution < -0.4 is 11.1 Å². The second-order valence-electron chi connectivity index (χ2n) is 3.58. The van der Waals surface area contributed by atoms with Crippen molar-refractivity contribution < 1.29 is 4.39 Å². The highest BCUT2D eigenvalue weighted by Gasteiger charge is 2.09. The average molecular weight is 439 g/mol. The van der Waals surface area contributed by atoms with Crippen LogP contribution in [0.3, 0.4) is 0 Å². The van der Waals surface area contributed by atoms with Crippen LogP contribution in [0.2, 0.25) is 0 Å². The minimum Gasteiger partial charge on any atom is -0.397 e. The van der Waals surface area contributed by atoms with Gasteiger partial charge in [-0.05, 0) is 66.0 Å². The number of rotatable bonds is 2. The fraction of sp³-hybridized carbons (Fsp3) is 0. The summed E-state index contributed by atoms with van der Waals surface area (Å²) in [6, 6.07) is 8.60. The first-order chi connectivity index (χ1) is 8.49. The summed E-state index contributed by atoms with van der Waals surface area (Å²) in [6.07, 6.45) is 0. The van der Waals surface area contributed by atoms with Crippen LogP contribution in [0, 0.1) is 5.82 Å². The monoisotopic (exact) mass is 436 g/mol. The van der Waals surface area contributed by atoms with E-state index in [0.29, 0.717) is 15.8 Å². The van der Waals surface area contributed by atoms with E-state index in [-0.39, 0.29) is 5.82 Å². The van der Waals surface area contributed by atoms with Crippen LogP contribution in [0.25, 0.3) is 0 Å². The minimum atomic E-state index is -0.385. The molecule has 2 nitrogen and oxygen atoms in total. The Morgan fingerprint density at radius 1 is 1.00 bits per heavy atom. The summed E-state index contributed by atoms with van der Waals surface area (Å²) in [5.41, 5.74) is 7.60. The molecule has 2 aromatic carbocycles. The number of halogens is 4. The van der Waals surface area contributed by atoms with Crippen molar-refractivity contribution in [2.24, 2.45) is 0 Å². The van der Waals surface area contributed by atoms with E-state index in [2.05, 4.69) is 53.1 Å². The summed E-state index contributed by atoms with van der Waals surface area (Å²) in [4.78, 5) is 0. The van der Waals surface area contributed by atoms with Gasteiger partial charge in [-0.3, -0.25) is 0 Å². The maximum absolute atomic E-state index is 13.3. The Labute approximate surface area is 129 Å². The standard InChI is InChI=1S/C12H8Br3FN2/c13-6-2-1-3-7(14)12(6)18-11-4-8(15)9(16)5-10(11)17/h1-5,18H,17H2. The molecule has 0 unspecified atom stereocenters. The maximum Gasteiger partial charge on any atom is 0.139 e. The lowest BCUT2D eigenvalue weighted by Crippen LogP contribution is -1.99. The molecule has 0 radical (unpaired) electrons. The van der Waals surface area contributed by atoms with Gasteiger partial charge in [-0.25, -0.2) is 4.39 Å². The highest BCUT2D eigenvalue weighted by Crippen LogP contribution is 2.36. The Hall–Kier alpha value is -0.590. The number of nitrogens with two attached hydrogens (primary N) is 1. The normalized spacial score (nSPS) is 10.4. The van der Waals surface area contributed by atoms with Crippen LogP contribution in [-0.2, 0) is 0 Å². The Morgan fingerprint density at radius 2 is 1.61 bits per heavy atom. The van der Waals surface area contributed by atoms with E-state index < -0.39 is 0 Å². The zero-order chi connectivity index (χ0) is 13.3. The Balaban J connectivity index is 2.43. The summed E-state index contributed by atoms with van der Waals surface area (Å²) >= 11 is 10.0. The van der Waals surface area contributed by atoms with Crippen molar-refractivity contribution in [3.63, 3.8) is 0 Å². The zero-order valence-corrected chi connectivity index (χ0v) is 13.7. The van der Waals surface area contributed by atoms with Crippen molar-refractivity contribution in [3.05, 3.63) is 49.6 Å². The molecule has 0 amide bonds. The van der Waals surface area contributed by atoms with E-state index >= 15 is 0 Å². The first-order valence-electron chi connectivity index (χ1n) is 4.94.